The Morgan fingerprint density at radius 1 is 1.17 bits per heavy atom. The van der Waals surface area contributed by atoms with Crippen LogP contribution >= 0.6 is 0 Å². The van der Waals surface area contributed by atoms with E-state index in [1.165, 1.54) is 30.5 Å². The summed E-state index contributed by atoms with van der Waals surface area (Å²) < 4.78 is 1.97. The monoisotopic (exact) mass is 325 g/mol. The first-order chi connectivity index (χ1) is 11.6. The summed E-state index contributed by atoms with van der Waals surface area (Å²) in [6, 6.07) is 8.10. The van der Waals surface area contributed by atoms with Crippen molar-refractivity contribution < 1.29 is 4.79 Å². The number of nitrogens with zero attached hydrogens (tertiary/aromatic N) is 2. The quantitative estimate of drug-likeness (QED) is 0.919. The van der Waals surface area contributed by atoms with Crippen LogP contribution < -0.4 is 5.32 Å². The van der Waals surface area contributed by atoms with Crippen LogP contribution in [0.2, 0.25) is 0 Å². The van der Waals surface area contributed by atoms with Gasteiger partial charge < -0.3 is 5.32 Å². The molecule has 1 saturated carbocycles. The third-order valence-corrected chi connectivity index (χ3v) is 5.11. The molecule has 0 spiro atoms. The van der Waals surface area contributed by atoms with Crippen molar-refractivity contribution in [2.24, 2.45) is 0 Å². The number of hydrogen-bond acceptors (Lipinski definition) is 2. The van der Waals surface area contributed by atoms with Gasteiger partial charge >= 0.3 is 0 Å². The summed E-state index contributed by atoms with van der Waals surface area (Å²) in [5.41, 5.74) is 5.28. The Kier molecular flexibility index (Phi) is 5.03. The maximum absolute atomic E-state index is 12.4. The van der Waals surface area contributed by atoms with Crippen LogP contribution in [0.5, 0.6) is 0 Å². The van der Waals surface area contributed by atoms with E-state index >= 15 is 0 Å². The zero-order chi connectivity index (χ0) is 17.1. The molecule has 4 heteroatoms. The summed E-state index contributed by atoms with van der Waals surface area (Å²) in [4.78, 5) is 12.4. The van der Waals surface area contributed by atoms with Gasteiger partial charge in [0.05, 0.1) is 11.4 Å². The second kappa shape index (κ2) is 7.20. The zero-order valence-corrected chi connectivity index (χ0v) is 14.9. The standard InChI is InChI=1S/C20H27N3O/c1-4-19-14(2)22-23(15(19)3)18-12-10-16(11-13-18)20(24)21-17-8-6-5-7-9-17/h10-13,17H,4-9H2,1-3H3,(H,21,24). The minimum atomic E-state index is 0.0380. The van der Waals surface area contributed by atoms with Gasteiger partial charge in [0.25, 0.3) is 5.91 Å². The molecule has 1 aliphatic rings. The number of rotatable bonds is 4. The van der Waals surface area contributed by atoms with Crippen molar-refractivity contribution in [3.8, 4) is 5.69 Å². The summed E-state index contributed by atoms with van der Waals surface area (Å²) in [5.74, 6) is 0.0380. The third kappa shape index (κ3) is 3.37. The van der Waals surface area contributed by atoms with Crippen molar-refractivity contribution >= 4 is 5.91 Å². The summed E-state index contributed by atoms with van der Waals surface area (Å²) in [6.45, 7) is 6.30. The van der Waals surface area contributed by atoms with Gasteiger partial charge in [0.1, 0.15) is 0 Å². The highest BCUT2D eigenvalue weighted by molar-refractivity contribution is 5.94. The van der Waals surface area contributed by atoms with Gasteiger partial charge in [-0.1, -0.05) is 26.2 Å². The molecule has 1 aromatic heterocycles. The van der Waals surface area contributed by atoms with Crippen LogP contribution in [-0.2, 0) is 6.42 Å². The Balaban J connectivity index is 1.74. The lowest BCUT2D eigenvalue weighted by Crippen LogP contribution is -2.36. The summed E-state index contributed by atoms with van der Waals surface area (Å²) >= 11 is 0. The SMILES string of the molecule is CCc1c(C)nn(-c2ccc(C(=O)NC3CCCCC3)cc2)c1C. The number of benzene rings is 1. The fourth-order valence-corrected chi connectivity index (χ4v) is 3.71. The van der Waals surface area contributed by atoms with Gasteiger partial charge in [-0.2, -0.15) is 5.10 Å². The minimum absolute atomic E-state index is 0.0380. The molecule has 1 aromatic carbocycles. The van der Waals surface area contributed by atoms with Crippen LogP contribution in [0.15, 0.2) is 24.3 Å². The van der Waals surface area contributed by atoms with E-state index in [1.54, 1.807) is 0 Å². The molecule has 0 aliphatic heterocycles. The van der Waals surface area contributed by atoms with Crippen LogP contribution in [0.4, 0.5) is 0 Å². The predicted molar refractivity (Wildman–Crippen MR) is 96.8 cm³/mol. The fraction of sp³-hybridized carbons (Fsp3) is 0.500. The molecule has 1 amide bonds. The van der Waals surface area contributed by atoms with E-state index in [-0.39, 0.29) is 5.91 Å². The van der Waals surface area contributed by atoms with E-state index < -0.39 is 0 Å². The third-order valence-electron chi connectivity index (χ3n) is 5.11. The summed E-state index contributed by atoms with van der Waals surface area (Å²) in [5, 5.41) is 7.80. The van der Waals surface area contributed by atoms with E-state index in [2.05, 4.69) is 24.3 Å². The normalized spacial score (nSPS) is 15.5. The molecule has 0 atom stereocenters. The van der Waals surface area contributed by atoms with Crippen LogP contribution in [0.3, 0.4) is 0 Å². The second-order valence-electron chi connectivity index (χ2n) is 6.77. The summed E-state index contributed by atoms with van der Waals surface area (Å²) in [6.07, 6.45) is 6.94. The average molecular weight is 325 g/mol. The number of hydrogen-bond donors (Lipinski definition) is 1. The van der Waals surface area contributed by atoms with Gasteiger partial charge in [0.15, 0.2) is 0 Å². The van der Waals surface area contributed by atoms with Crippen molar-refractivity contribution in [2.45, 2.75) is 65.3 Å². The van der Waals surface area contributed by atoms with Crippen LogP contribution in [-0.4, -0.2) is 21.7 Å². The maximum atomic E-state index is 12.4. The highest BCUT2D eigenvalue weighted by Gasteiger charge is 2.17. The Bertz CT molecular complexity index is 709. The van der Waals surface area contributed by atoms with Crippen LogP contribution in [0, 0.1) is 13.8 Å². The number of carbonyl (C=O) groups excluding carboxylic acids is 1. The van der Waals surface area contributed by atoms with Gasteiger partial charge in [-0.3, -0.25) is 4.79 Å². The number of carbonyl (C=O) groups is 1. The zero-order valence-electron chi connectivity index (χ0n) is 14.9. The Labute approximate surface area is 144 Å². The second-order valence-corrected chi connectivity index (χ2v) is 6.77. The van der Waals surface area contributed by atoms with Crippen LogP contribution in [0.1, 0.15) is 66.3 Å². The molecule has 24 heavy (non-hydrogen) atoms. The molecule has 0 saturated heterocycles. The molecule has 0 radical (unpaired) electrons. The first kappa shape index (κ1) is 16.7. The fourth-order valence-electron chi connectivity index (χ4n) is 3.71. The molecule has 0 unspecified atom stereocenters. The van der Waals surface area contributed by atoms with Gasteiger partial charge in [0.2, 0.25) is 0 Å². The molecular weight excluding hydrogens is 298 g/mol. The molecule has 2 aromatic rings. The van der Waals surface area contributed by atoms with Crippen molar-refractivity contribution in [1.82, 2.24) is 15.1 Å². The molecule has 1 aliphatic carbocycles. The highest BCUT2D eigenvalue weighted by Crippen LogP contribution is 2.20. The lowest BCUT2D eigenvalue weighted by Gasteiger charge is -2.22. The summed E-state index contributed by atoms with van der Waals surface area (Å²) in [7, 11) is 0. The molecule has 1 heterocycles. The Morgan fingerprint density at radius 2 is 1.83 bits per heavy atom. The Hall–Kier alpha value is -2.10. The molecule has 1 N–H and O–H groups in total. The average Bonchev–Trinajstić information content (AvgIpc) is 2.89. The smallest absolute Gasteiger partial charge is 0.251 e. The molecule has 128 valence electrons. The highest BCUT2D eigenvalue weighted by atomic mass is 16.1. The molecule has 0 bridgehead atoms. The number of aromatic nitrogens is 2. The lowest BCUT2D eigenvalue weighted by molar-refractivity contribution is 0.0927. The van der Waals surface area contributed by atoms with Crippen molar-refractivity contribution in [1.29, 1.82) is 0 Å². The molecular formula is C20H27N3O. The van der Waals surface area contributed by atoms with Gasteiger partial charge in [-0.25, -0.2) is 4.68 Å². The van der Waals surface area contributed by atoms with E-state index in [0.717, 1.165) is 36.2 Å². The van der Waals surface area contributed by atoms with Crippen LogP contribution in [0.25, 0.3) is 5.69 Å². The maximum Gasteiger partial charge on any atom is 0.251 e. The van der Waals surface area contributed by atoms with E-state index in [9.17, 15) is 4.79 Å². The first-order valence-corrected chi connectivity index (χ1v) is 9.06. The lowest BCUT2D eigenvalue weighted by atomic mass is 9.95. The molecule has 3 rings (SSSR count). The van der Waals surface area contributed by atoms with Gasteiger partial charge in [0, 0.05) is 17.3 Å². The van der Waals surface area contributed by atoms with Gasteiger partial charge in [-0.05, 0) is 62.9 Å². The predicted octanol–water partition coefficient (Wildman–Crippen LogP) is 4.11. The van der Waals surface area contributed by atoms with Crippen molar-refractivity contribution in [2.75, 3.05) is 0 Å². The first-order valence-electron chi connectivity index (χ1n) is 9.06. The van der Waals surface area contributed by atoms with E-state index in [4.69, 9.17) is 0 Å². The number of amides is 1. The topological polar surface area (TPSA) is 46.9 Å². The molecule has 1 fully saturated rings. The largest absolute Gasteiger partial charge is 0.349 e. The van der Waals surface area contributed by atoms with Crippen molar-refractivity contribution in [3.05, 3.63) is 46.8 Å². The Morgan fingerprint density at radius 3 is 2.42 bits per heavy atom. The number of nitrogens with one attached hydrogen (secondary N) is 1. The number of aryl methyl sites for hydroxylation is 1. The van der Waals surface area contributed by atoms with E-state index in [0.29, 0.717) is 6.04 Å². The van der Waals surface area contributed by atoms with Gasteiger partial charge in [-0.15, -0.1) is 0 Å². The van der Waals surface area contributed by atoms with Crippen molar-refractivity contribution in [3.63, 3.8) is 0 Å². The minimum Gasteiger partial charge on any atom is -0.349 e. The van der Waals surface area contributed by atoms with E-state index in [1.807, 2.05) is 35.9 Å². The molecule has 4 nitrogen and oxygen atoms in total.